The summed E-state index contributed by atoms with van der Waals surface area (Å²) in [5.41, 5.74) is 1.76. The molecule has 0 unspecified atom stereocenters. The van der Waals surface area contributed by atoms with E-state index in [-0.39, 0.29) is 0 Å². The monoisotopic (exact) mass is 276 g/mol. The fraction of sp³-hybridized carbons (Fsp3) is 0.143. The van der Waals surface area contributed by atoms with E-state index in [1.54, 1.807) is 12.4 Å². The molecule has 1 aromatic heterocycles. The van der Waals surface area contributed by atoms with Crippen molar-refractivity contribution in [2.75, 3.05) is 5.33 Å². The van der Waals surface area contributed by atoms with E-state index < -0.39 is 0 Å². The van der Waals surface area contributed by atoms with Gasteiger partial charge in [0, 0.05) is 5.33 Å². The van der Waals surface area contributed by atoms with Gasteiger partial charge in [0.1, 0.15) is 4.60 Å². The van der Waals surface area contributed by atoms with E-state index in [1.807, 2.05) is 0 Å². The zero-order chi connectivity index (χ0) is 8.27. The number of nitrogens with zero attached hydrogens (tertiary/aromatic N) is 2. The van der Waals surface area contributed by atoms with Crippen LogP contribution in [0.5, 0.6) is 0 Å². The first-order valence-electron chi connectivity index (χ1n) is 2.95. The summed E-state index contributed by atoms with van der Waals surface area (Å²) in [7, 11) is 0. The van der Waals surface area contributed by atoms with Crippen molar-refractivity contribution in [3.63, 3.8) is 0 Å². The molecule has 58 valence electrons. The van der Waals surface area contributed by atoms with Crippen LogP contribution in [-0.4, -0.2) is 15.3 Å². The smallest absolute Gasteiger partial charge is 0.124 e. The van der Waals surface area contributed by atoms with Gasteiger partial charge < -0.3 is 0 Å². The third kappa shape index (κ3) is 2.38. The Bertz CT molecular complexity index is 256. The molecule has 0 saturated heterocycles. The van der Waals surface area contributed by atoms with Crippen molar-refractivity contribution >= 4 is 37.4 Å². The molecule has 2 nitrogen and oxygen atoms in total. The van der Waals surface area contributed by atoms with Crippen LogP contribution in [0.15, 0.2) is 23.6 Å². The van der Waals surface area contributed by atoms with E-state index in [9.17, 15) is 0 Å². The molecule has 0 amide bonds. The summed E-state index contributed by atoms with van der Waals surface area (Å²) in [6, 6.07) is 0. The summed E-state index contributed by atoms with van der Waals surface area (Å²) in [6.45, 7) is 3.81. The molecule has 11 heavy (non-hydrogen) atoms. The standard InChI is InChI=1S/C7H6Br2N2/c1-5(2-8)6-3-11-7(9)4-10-6/h3-4H,1-2H2. The molecule has 0 aromatic carbocycles. The van der Waals surface area contributed by atoms with Crippen LogP contribution < -0.4 is 0 Å². The molecule has 1 heterocycles. The number of aromatic nitrogens is 2. The molecular weight excluding hydrogens is 272 g/mol. The Kier molecular flexibility index (Phi) is 3.20. The lowest BCUT2D eigenvalue weighted by Crippen LogP contribution is -1.89. The van der Waals surface area contributed by atoms with Crippen LogP contribution in [0.25, 0.3) is 5.57 Å². The fourth-order valence-corrected chi connectivity index (χ4v) is 1.06. The Labute approximate surface area is 82.0 Å². The van der Waals surface area contributed by atoms with Gasteiger partial charge in [0.25, 0.3) is 0 Å². The predicted octanol–water partition coefficient (Wildman–Crippen LogP) is 2.65. The Morgan fingerprint density at radius 2 is 2.18 bits per heavy atom. The van der Waals surface area contributed by atoms with Gasteiger partial charge in [0.05, 0.1) is 18.1 Å². The van der Waals surface area contributed by atoms with E-state index >= 15 is 0 Å². The SMILES string of the molecule is C=C(CBr)c1cnc(Br)cn1. The van der Waals surface area contributed by atoms with E-state index in [2.05, 4.69) is 48.4 Å². The van der Waals surface area contributed by atoms with Crippen molar-refractivity contribution in [2.45, 2.75) is 0 Å². The van der Waals surface area contributed by atoms with Gasteiger partial charge in [-0.25, -0.2) is 4.98 Å². The van der Waals surface area contributed by atoms with Gasteiger partial charge in [-0.15, -0.1) is 0 Å². The van der Waals surface area contributed by atoms with Crippen molar-refractivity contribution < 1.29 is 0 Å². The Morgan fingerprint density at radius 1 is 1.45 bits per heavy atom. The summed E-state index contributed by atoms with van der Waals surface area (Å²) >= 11 is 6.49. The molecule has 0 atom stereocenters. The summed E-state index contributed by atoms with van der Waals surface area (Å²) in [5, 5.41) is 0.726. The second-order valence-electron chi connectivity index (χ2n) is 1.96. The van der Waals surface area contributed by atoms with E-state index in [4.69, 9.17) is 0 Å². The Hall–Kier alpha value is -0.220. The molecule has 0 aliphatic rings. The molecule has 0 N–H and O–H groups in total. The lowest BCUT2D eigenvalue weighted by atomic mass is 10.3. The molecule has 0 radical (unpaired) electrons. The van der Waals surface area contributed by atoms with E-state index in [0.717, 1.165) is 21.2 Å². The molecule has 0 spiro atoms. The first-order chi connectivity index (χ1) is 5.24. The third-order valence-electron chi connectivity index (χ3n) is 1.14. The maximum atomic E-state index is 4.11. The first-order valence-corrected chi connectivity index (χ1v) is 4.87. The predicted molar refractivity (Wildman–Crippen MR) is 52.6 cm³/mol. The minimum atomic E-state index is 0.726. The number of hydrogen-bond donors (Lipinski definition) is 0. The number of halogens is 2. The minimum absolute atomic E-state index is 0.726. The summed E-state index contributed by atoms with van der Waals surface area (Å²) < 4.78 is 0.739. The quantitative estimate of drug-likeness (QED) is 0.777. The van der Waals surface area contributed by atoms with Gasteiger partial charge in [-0.05, 0) is 21.5 Å². The molecule has 1 aromatic rings. The summed E-state index contributed by atoms with van der Waals surface area (Å²) in [5.74, 6) is 0. The molecule has 0 fully saturated rings. The van der Waals surface area contributed by atoms with Gasteiger partial charge in [0.2, 0.25) is 0 Å². The van der Waals surface area contributed by atoms with Crippen LogP contribution in [0, 0.1) is 0 Å². The molecule has 0 aliphatic carbocycles. The highest BCUT2D eigenvalue weighted by Crippen LogP contribution is 2.11. The van der Waals surface area contributed by atoms with Crippen LogP contribution in [0.1, 0.15) is 5.69 Å². The van der Waals surface area contributed by atoms with Crippen molar-refractivity contribution in [1.82, 2.24) is 9.97 Å². The molecule has 4 heteroatoms. The number of alkyl halides is 1. The topological polar surface area (TPSA) is 25.8 Å². The zero-order valence-corrected chi connectivity index (χ0v) is 8.89. The molecule has 0 aliphatic heterocycles. The number of hydrogen-bond acceptors (Lipinski definition) is 2. The Morgan fingerprint density at radius 3 is 2.64 bits per heavy atom. The second-order valence-corrected chi connectivity index (χ2v) is 3.33. The zero-order valence-electron chi connectivity index (χ0n) is 5.72. The second kappa shape index (κ2) is 3.97. The third-order valence-corrected chi connectivity index (χ3v) is 2.23. The summed E-state index contributed by atoms with van der Waals surface area (Å²) in [4.78, 5) is 8.13. The van der Waals surface area contributed by atoms with Crippen molar-refractivity contribution in [3.8, 4) is 0 Å². The Balaban J connectivity index is 2.90. The van der Waals surface area contributed by atoms with Gasteiger partial charge >= 0.3 is 0 Å². The van der Waals surface area contributed by atoms with Gasteiger partial charge in [-0.2, -0.15) is 0 Å². The fourth-order valence-electron chi connectivity index (χ4n) is 0.563. The summed E-state index contributed by atoms with van der Waals surface area (Å²) in [6.07, 6.45) is 3.34. The molecule has 0 bridgehead atoms. The lowest BCUT2D eigenvalue weighted by molar-refractivity contribution is 1.13. The van der Waals surface area contributed by atoms with Gasteiger partial charge in [-0.1, -0.05) is 22.5 Å². The largest absolute Gasteiger partial charge is 0.252 e. The normalized spacial score (nSPS) is 9.64. The van der Waals surface area contributed by atoms with Crippen molar-refractivity contribution in [3.05, 3.63) is 29.3 Å². The van der Waals surface area contributed by atoms with Crippen molar-refractivity contribution in [2.24, 2.45) is 0 Å². The number of rotatable bonds is 2. The van der Waals surface area contributed by atoms with E-state index in [0.29, 0.717) is 0 Å². The molecular formula is C7H6Br2N2. The average Bonchev–Trinajstić information content (AvgIpc) is 2.05. The highest BCUT2D eigenvalue weighted by atomic mass is 79.9. The molecule has 0 saturated carbocycles. The van der Waals surface area contributed by atoms with Crippen molar-refractivity contribution in [1.29, 1.82) is 0 Å². The maximum absolute atomic E-state index is 4.11. The average molecular weight is 278 g/mol. The maximum Gasteiger partial charge on any atom is 0.124 e. The lowest BCUT2D eigenvalue weighted by Gasteiger charge is -1.98. The van der Waals surface area contributed by atoms with Crippen LogP contribution in [0.2, 0.25) is 0 Å². The van der Waals surface area contributed by atoms with Crippen LogP contribution in [0.3, 0.4) is 0 Å². The first kappa shape index (κ1) is 8.87. The highest BCUT2D eigenvalue weighted by Gasteiger charge is 1.97. The van der Waals surface area contributed by atoms with Crippen LogP contribution >= 0.6 is 31.9 Å². The van der Waals surface area contributed by atoms with Gasteiger partial charge in [-0.3, -0.25) is 4.98 Å². The number of allylic oxidation sites excluding steroid dienone is 1. The molecule has 1 rings (SSSR count). The van der Waals surface area contributed by atoms with Crippen LogP contribution in [0.4, 0.5) is 0 Å². The van der Waals surface area contributed by atoms with E-state index in [1.165, 1.54) is 0 Å². The van der Waals surface area contributed by atoms with Crippen LogP contribution in [-0.2, 0) is 0 Å². The highest BCUT2D eigenvalue weighted by molar-refractivity contribution is 9.10. The van der Waals surface area contributed by atoms with Gasteiger partial charge in [0.15, 0.2) is 0 Å². The minimum Gasteiger partial charge on any atom is -0.252 e.